The summed E-state index contributed by atoms with van der Waals surface area (Å²) in [4.78, 5) is 20.0. The van der Waals surface area contributed by atoms with Crippen molar-refractivity contribution in [2.24, 2.45) is 0 Å². The molecule has 1 heterocycles. The zero-order valence-electron chi connectivity index (χ0n) is 12.1. The van der Waals surface area contributed by atoms with Crippen LogP contribution < -0.4 is 5.32 Å². The minimum absolute atomic E-state index is 0.0863. The molecule has 110 valence electrons. The number of nitro benzene ring substituents is 1. The SMILES string of the molecule is CCNc1nc(C)nc(Sc2ccccc2[N+](=O)[O-])c1C. The smallest absolute Gasteiger partial charge is 0.283 e. The Balaban J connectivity index is 2.42. The number of hydrogen-bond acceptors (Lipinski definition) is 6. The van der Waals surface area contributed by atoms with E-state index in [0.29, 0.717) is 10.7 Å². The summed E-state index contributed by atoms with van der Waals surface area (Å²) in [5, 5.41) is 15.0. The van der Waals surface area contributed by atoms with Gasteiger partial charge in [-0.1, -0.05) is 23.9 Å². The molecule has 2 aromatic rings. The lowest BCUT2D eigenvalue weighted by molar-refractivity contribution is -0.387. The van der Waals surface area contributed by atoms with Gasteiger partial charge in [0.05, 0.1) is 9.82 Å². The highest BCUT2D eigenvalue weighted by Crippen LogP contribution is 2.36. The number of aryl methyl sites for hydroxylation is 1. The minimum Gasteiger partial charge on any atom is -0.370 e. The number of nitro groups is 1. The van der Waals surface area contributed by atoms with Crippen LogP contribution in [0.3, 0.4) is 0 Å². The van der Waals surface area contributed by atoms with Gasteiger partial charge in [-0.15, -0.1) is 0 Å². The van der Waals surface area contributed by atoms with E-state index in [2.05, 4.69) is 15.3 Å². The van der Waals surface area contributed by atoms with Gasteiger partial charge < -0.3 is 5.32 Å². The van der Waals surface area contributed by atoms with Crippen LogP contribution in [-0.4, -0.2) is 21.4 Å². The Hall–Kier alpha value is -2.15. The topological polar surface area (TPSA) is 81.0 Å². The second-order valence-electron chi connectivity index (χ2n) is 4.41. The van der Waals surface area contributed by atoms with Crippen LogP contribution in [0.15, 0.2) is 34.2 Å². The third-order valence-electron chi connectivity index (χ3n) is 2.83. The van der Waals surface area contributed by atoms with Crippen molar-refractivity contribution in [3.63, 3.8) is 0 Å². The highest BCUT2D eigenvalue weighted by Gasteiger charge is 2.17. The molecule has 1 N–H and O–H groups in total. The van der Waals surface area contributed by atoms with Gasteiger partial charge >= 0.3 is 0 Å². The van der Waals surface area contributed by atoms with Gasteiger partial charge in [0.2, 0.25) is 0 Å². The third kappa shape index (κ3) is 3.49. The van der Waals surface area contributed by atoms with E-state index in [1.807, 2.05) is 20.8 Å². The lowest BCUT2D eigenvalue weighted by Gasteiger charge is -2.11. The van der Waals surface area contributed by atoms with Crippen LogP contribution in [-0.2, 0) is 0 Å². The van der Waals surface area contributed by atoms with Gasteiger partial charge in [-0.2, -0.15) is 0 Å². The van der Waals surface area contributed by atoms with Crippen LogP contribution in [0.4, 0.5) is 11.5 Å². The number of nitrogens with one attached hydrogen (secondary N) is 1. The normalized spacial score (nSPS) is 10.4. The first-order valence-corrected chi connectivity index (χ1v) is 7.35. The van der Waals surface area contributed by atoms with Crippen molar-refractivity contribution in [3.8, 4) is 0 Å². The molecule has 21 heavy (non-hydrogen) atoms. The van der Waals surface area contributed by atoms with Crippen molar-refractivity contribution < 1.29 is 4.92 Å². The van der Waals surface area contributed by atoms with E-state index < -0.39 is 0 Å². The Kier molecular flexibility index (Phi) is 4.74. The number of hydrogen-bond donors (Lipinski definition) is 1. The molecule has 0 aliphatic rings. The van der Waals surface area contributed by atoms with Crippen LogP contribution in [0.5, 0.6) is 0 Å². The van der Waals surface area contributed by atoms with E-state index in [4.69, 9.17) is 0 Å². The van der Waals surface area contributed by atoms with Crippen LogP contribution in [0, 0.1) is 24.0 Å². The molecule has 0 bridgehead atoms. The molecule has 1 aromatic heterocycles. The van der Waals surface area contributed by atoms with E-state index in [9.17, 15) is 10.1 Å². The molecule has 0 aliphatic heterocycles. The van der Waals surface area contributed by atoms with E-state index in [-0.39, 0.29) is 10.6 Å². The van der Waals surface area contributed by atoms with E-state index in [1.165, 1.54) is 17.8 Å². The molecule has 0 fully saturated rings. The molecule has 0 amide bonds. The molecule has 6 nitrogen and oxygen atoms in total. The number of anilines is 1. The number of benzene rings is 1. The highest BCUT2D eigenvalue weighted by atomic mass is 32.2. The lowest BCUT2D eigenvalue weighted by Crippen LogP contribution is -2.05. The van der Waals surface area contributed by atoms with Gasteiger partial charge in [-0.25, -0.2) is 9.97 Å². The lowest BCUT2D eigenvalue weighted by atomic mass is 10.3. The second-order valence-corrected chi connectivity index (χ2v) is 5.44. The van der Waals surface area contributed by atoms with Gasteiger partial charge in [0.1, 0.15) is 16.7 Å². The molecule has 0 saturated carbocycles. The number of rotatable bonds is 5. The summed E-state index contributed by atoms with van der Waals surface area (Å²) < 4.78 is 0. The Morgan fingerprint density at radius 3 is 2.67 bits per heavy atom. The van der Waals surface area contributed by atoms with Crippen molar-refractivity contribution in [2.75, 3.05) is 11.9 Å². The summed E-state index contributed by atoms with van der Waals surface area (Å²) >= 11 is 1.29. The van der Waals surface area contributed by atoms with Crippen LogP contribution in [0.2, 0.25) is 0 Å². The second kappa shape index (κ2) is 6.53. The highest BCUT2D eigenvalue weighted by molar-refractivity contribution is 7.99. The molecule has 0 saturated heterocycles. The van der Waals surface area contributed by atoms with Crippen molar-refractivity contribution in [1.29, 1.82) is 0 Å². The van der Waals surface area contributed by atoms with Crippen LogP contribution in [0.1, 0.15) is 18.3 Å². The van der Waals surface area contributed by atoms with Gasteiger partial charge in [0, 0.05) is 18.2 Å². The average molecular weight is 304 g/mol. The summed E-state index contributed by atoms with van der Waals surface area (Å²) in [6.45, 7) is 6.47. The first-order valence-electron chi connectivity index (χ1n) is 6.53. The summed E-state index contributed by atoms with van der Waals surface area (Å²) in [5.41, 5.74) is 0.980. The van der Waals surface area contributed by atoms with Gasteiger partial charge in [0.25, 0.3) is 5.69 Å². The van der Waals surface area contributed by atoms with Gasteiger partial charge in [-0.3, -0.25) is 10.1 Å². The van der Waals surface area contributed by atoms with Crippen molar-refractivity contribution in [3.05, 3.63) is 45.8 Å². The third-order valence-corrected chi connectivity index (χ3v) is 3.98. The Morgan fingerprint density at radius 1 is 1.29 bits per heavy atom. The molecule has 2 rings (SSSR count). The molecule has 0 unspecified atom stereocenters. The molecule has 0 spiro atoms. The summed E-state index contributed by atoms with van der Waals surface area (Å²) in [6, 6.07) is 6.66. The molecule has 0 radical (unpaired) electrons. The standard InChI is InChI=1S/C14H16N4O2S/c1-4-15-13-9(2)14(17-10(3)16-13)21-12-8-6-5-7-11(12)18(19)20/h5-8H,4H2,1-3H3,(H,15,16,17). The van der Waals surface area contributed by atoms with Crippen LogP contribution in [0.25, 0.3) is 0 Å². The quantitative estimate of drug-likeness (QED) is 0.516. The Labute approximate surface area is 127 Å². The number of nitrogens with zero attached hydrogens (tertiary/aromatic N) is 3. The molecule has 0 aliphatic carbocycles. The largest absolute Gasteiger partial charge is 0.370 e. The number of para-hydroxylation sites is 1. The van der Waals surface area contributed by atoms with E-state index >= 15 is 0 Å². The van der Waals surface area contributed by atoms with Crippen molar-refractivity contribution >= 4 is 23.3 Å². The zero-order valence-corrected chi connectivity index (χ0v) is 12.9. The summed E-state index contributed by atoms with van der Waals surface area (Å²) in [5.74, 6) is 1.41. The summed E-state index contributed by atoms with van der Waals surface area (Å²) in [6.07, 6.45) is 0. The monoisotopic (exact) mass is 304 g/mol. The first kappa shape index (κ1) is 15.2. The predicted molar refractivity (Wildman–Crippen MR) is 82.9 cm³/mol. The first-order chi connectivity index (χ1) is 10.0. The maximum atomic E-state index is 11.1. The van der Waals surface area contributed by atoms with Gasteiger partial charge in [0.15, 0.2) is 0 Å². The van der Waals surface area contributed by atoms with Crippen LogP contribution >= 0.6 is 11.8 Å². The Morgan fingerprint density at radius 2 is 2.00 bits per heavy atom. The fourth-order valence-electron chi connectivity index (χ4n) is 1.84. The molecule has 7 heteroatoms. The molecular formula is C14H16N4O2S. The maximum Gasteiger partial charge on any atom is 0.283 e. The van der Waals surface area contributed by atoms with Crippen molar-refractivity contribution in [1.82, 2.24) is 9.97 Å². The van der Waals surface area contributed by atoms with E-state index in [1.54, 1.807) is 18.2 Å². The summed E-state index contributed by atoms with van der Waals surface area (Å²) in [7, 11) is 0. The Bertz CT molecular complexity index is 676. The average Bonchev–Trinajstić information content (AvgIpc) is 2.44. The predicted octanol–water partition coefficient (Wildman–Crippen LogP) is 3.58. The minimum atomic E-state index is -0.378. The fourth-order valence-corrected chi connectivity index (χ4v) is 2.87. The number of aromatic nitrogens is 2. The zero-order chi connectivity index (χ0) is 15.4. The molecule has 1 aromatic carbocycles. The molecular weight excluding hydrogens is 288 g/mol. The van der Waals surface area contributed by atoms with Crippen molar-refractivity contribution in [2.45, 2.75) is 30.7 Å². The maximum absolute atomic E-state index is 11.1. The molecule has 0 atom stereocenters. The van der Waals surface area contributed by atoms with E-state index in [0.717, 1.165) is 23.0 Å². The fraction of sp³-hybridized carbons (Fsp3) is 0.286. The van der Waals surface area contributed by atoms with Gasteiger partial charge in [-0.05, 0) is 26.8 Å².